The maximum Gasteiger partial charge on any atom is 0.222 e. The Bertz CT molecular complexity index is 819. The van der Waals surface area contributed by atoms with Crippen molar-refractivity contribution in [2.45, 2.75) is 31.8 Å². The molecule has 1 amide bonds. The van der Waals surface area contributed by atoms with E-state index in [9.17, 15) is 4.79 Å². The van der Waals surface area contributed by atoms with Gasteiger partial charge in [-0.1, -0.05) is 18.2 Å². The molecule has 4 rings (SSSR count). The third-order valence-corrected chi connectivity index (χ3v) is 6.35. The van der Waals surface area contributed by atoms with Crippen molar-refractivity contribution in [3.05, 3.63) is 42.0 Å². The van der Waals surface area contributed by atoms with Crippen LogP contribution < -0.4 is 4.74 Å². The Morgan fingerprint density at radius 3 is 2.65 bits per heavy atom. The molecule has 1 aliphatic carbocycles. The lowest BCUT2D eigenvalue weighted by molar-refractivity contribution is -0.134. The molecule has 3 atom stereocenters. The van der Waals surface area contributed by atoms with Crippen molar-refractivity contribution >= 4 is 16.7 Å². The Labute approximate surface area is 155 Å². The second-order valence-corrected chi connectivity index (χ2v) is 8.09. The first-order chi connectivity index (χ1) is 12.5. The van der Waals surface area contributed by atoms with Gasteiger partial charge in [0.25, 0.3) is 0 Å². The Balaban J connectivity index is 1.44. The van der Waals surface area contributed by atoms with Gasteiger partial charge in [-0.05, 0) is 66.3 Å². The van der Waals surface area contributed by atoms with Crippen LogP contribution in [0.3, 0.4) is 0 Å². The van der Waals surface area contributed by atoms with E-state index in [1.54, 1.807) is 7.11 Å². The van der Waals surface area contributed by atoms with Gasteiger partial charge in [-0.3, -0.25) is 9.69 Å². The molecule has 1 saturated heterocycles. The van der Waals surface area contributed by atoms with E-state index in [-0.39, 0.29) is 0 Å². The normalized spacial score (nSPS) is 25.8. The molecule has 0 aromatic heterocycles. The third-order valence-electron chi connectivity index (χ3n) is 6.35. The minimum absolute atomic E-state index is 0.319. The second-order valence-electron chi connectivity index (χ2n) is 8.09. The summed E-state index contributed by atoms with van der Waals surface area (Å²) >= 11 is 0. The van der Waals surface area contributed by atoms with E-state index in [2.05, 4.69) is 42.3 Å². The summed E-state index contributed by atoms with van der Waals surface area (Å²) in [5, 5.41) is 2.47. The van der Waals surface area contributed by atoms with E-state index >= 15 is 0 Å². The van der Waals surface area contributed by atoms with E-state index in [0.717, 1.165) is 31.7 Å². The van der Waals surface area contributed by atoms with Crippen LogP contribution in [0.2, 0.25) is 0 Å². The van der Waals surface area contributed by atoms with Crippen molar-refractivity contribution in [2.24, 2.45) is 11.8 Å². The highest BCUT2D eigenvalue weighted by atomic mass is 16.5. The molecule has 26 heavy (non-hydrogen) atoms. The summed E-state index contributed by atoms with van der Waals surface area (Å²) in [7, 11) is 5.88. The number of nitrogens with zero attached hydrogens (tertiary/aromatic N) is 2. The van der Waals surface area contributed by atoms with Crippen molar-refractivity contribution in [3.8, 4) is 5.75 Å². The van der Waals surface area contributed by atoms with Crippen LogP contribution in [0.5, 0.6) is 5.75 Å². The highest BCUT2D eigenvalue weighted by Gasteiger charge is 2.41. The first-order valence-corrected chi connectivity index (χ1v) is 9.54. The predicted octanol–water partition coefficient (Wildman–Crippen LogP) is 3.54. The number of amides is 1. The Kier molecular flexibility index (Phi) is 4.62. The van der Waals surface area contributed by atoms with Gasteiger partial charge in [-0.2, -0.15) is 0 Å². The van der Waals surface area contributed by atoms with E-state index < -0.39 is 0 Å². The maximum absolute atomic E-state index is 12.0. The van der Waals surface area contributed by atoms with Crippen LogP contribution in [0, 0.1) is 11.8 Å². The van der Waals surface area contributed by atoms with Gasteiger partial charge in [0.2, 0.25) is 5.91 Å². The lowest BCUT2D eigenvalue weighted by Gasteiger charge is -2.31. The van der Waals surface area contributed by atoms with Gasteiger partial charge in [0.15, 0.2) is 0 Å². The van der Waals surface area contributed by atoms with Crippen molar-refractivity contribution in [2.75, 3.05) is 27.7 Å². The summed E-state index contributed by atoms with van der Waals surface area (Å²) in [6.07, 6.45) is 3.11. The number of hydrogen-bond donors (Lipinski definition) is 0. The molecule has 2 aromatic rings. The number of carbonyl (C=O) groups excluding carboxylic acids is 1. The average Bonchev–Trinajstić information content (AvgIpc) is 3.04. The fraction of sp³-hybridized carbons (Fsp3) is 0.500. The maximum atomic E-state index is 12.0. The summed E-state index contributed by atoms with van der Waals surface area (Å²) in [6.45, 7) is 1.89. The summed E-state index contributed by atoms with van der Waals surface area (Å²) in [5.74, 6) is 2.47. The second kappa shape index (κ2) is 6.92. The molecular weight excluding hydrogens is 324 g/mol. The quantitative estimate of drug-likeness (QED) is 0.844. The molecule has 4 heteroatoms. The number of hydrogen-bond acceptors (Lipinski definition) is 3. The van der Waals surface area contributed by atoms with Gasteiger partial charge in [-0.15, -0.1) is 0 Å². The highest BCUT2D eigenvalue weighted by molar-refractivity contribution is 5.84. The molecule has 2 aliphatic rings. The van der Waals surface area contributed by atoms with Gasteiger partial charge in [0.05, 0.1) is 7.11 Å². The molecule has 1 aliphatic heterocycles. The number of ether oxygens (including phenoxy) is 1. The van der Waals surface area contributed by atoms with E-state index in [1.807, 2.05) is 18.0 Å². The number of piperidine rings is 1. The number of carbonyl (C=O) groups is 1. The fourth-order valence-corrected chi connectivity index (χ4v) is 4.76. The standard InChI is InChI=1S/C22H28N2O2/c1-23(20-9-18-12-22(25)24(2)14-19(18)10-20)13-15-4-5-17-11-21(26-3)7-6-16(17)8-15/h4-8,11,18-20H,9-10,12-14H2,1-3H3/t18-,19+,20-/m1/s1. The van der Waals surface area contributed by atoms with Crippen LogP contribution in [-0.4, -0.2) is 49.5 Å². The lowest BCUT2D eigenvalue weighted by atomic mass is 9.88. The van der Waals surface area contributed by atoms with E-state index in [0.29, 0.717) is 23.8 Å². The molecule has 0 bridgehead atoms. The fourth-order valence-electron chi connectivity index (χ4n) is 4.76. The zero-order valence-electron chi connectivity index (χ0n) is 15.9. The molecule has 0 N–H and O–H groups in total. The van der Waals surface area contributed by atoms with Crippen molar-refractivity contribution < 1.29 is 9.53 Å². The zero-order valence-corrected chi connectivity index (χ0v) is 15.9. The molecule has 0 unspecified atom stereocenters. The molecule has 2 fully saturated rings. The number of rotatable bonds is 4. The smallest absolute Gasteiger partial charge is 0.222 e. The molecule has 2 aromatic carbocycles. The van der Waals surface area contributed by atoms with Gasteiger partial charge < -0.3 is 9.64 Å². The van der Waals surface area contributed by atoms with Crippen LogP contribution in [-0.2, 0) is 11.3 Å². The van der Waals surface area contributed by atoms with Crippen LogP contribution in [0.15, 0.2) is 36.4 Å². The Morgan fingerprint density at radius 2 is 1.85 bits per heavy atom. The largest absolute Gasteiger partial charge is 0.497 e. The molecule has 0 spiro atoms. The molecule has 138 valence electrons. The summed E-state index contributed by atoms with van der Waals surface area (Å²) < 4.78 is 5.31. The van der Waals surface area contributed by atoms with Gasteiger partial charge in [-0.25, -0.2) is 0 Å². The van der Waals surface area contributed by atoms with Crippen LogP contribution in [0.4, 0.5) is 0 Å². The summed E-state index contributed by atoms with van der Waals surface area (Å²) in [5.41, 5.74) is 1.34. The van der Waals surface area contributed by atoms with Crippen LogP contribution in [0.1, 0.15) is 24.8 Å². The number of fused-ring (bicyclic) bond motifs is 2. The summed E-state index contributed by atoms with van der Waals surface area (Å²) in [4.78, 5) is 16.4. The molecule has 0 radical (unpaired) electrons. The first-order valence-electron chi connectivity index (χ1n) is 9.54. The number of benzene rings is 2. The average molecular weight is 352 g/mol. The van der Waals surface area contributed by atoms with Crippen LogP contribution >= 0.6 is 0 Å². The Morgan fingerprint density at radius 1 is 1.12 bits per heavy atom. The van der Waals surface area contributed by atoms with Crippen LogP contribution in [0.25, 0.3) is 10.8 Å². The third kappa shape index (κ3) is 3.30. The van der Waals surface area contributed by atoms with Crippen molar-refractivity contribution in [1.29, 1.82) is 0 Å². The lowest BCUT2D eigenvalue weighted by Crippen LogP contribution is -2.39. The topological polar surface area (TPSA) is 32.8 Å². The molecular formula is C22H28N2O2. The predicted molar refractivity (Wildman–Crippen MR) is 104 cm³/mol. The SMILES string of the molecule is COc1ccc2cc(CN(C)[C@@H]3C[C@@H]4CC(=O)N(C)C[C@@H]4C3)ccc2c1. The van der Waals surface area contributed by atoms with Crippen molar-refractivity contribution in [1.82, 2.24) is 9.80 Å². The van der Waals surface area contributed by atoms with Gasteiger partial charge >= 0.3 is 0 Å². The number of methoxy groups -OCH3 is 1. The first kappa shape index (κ1) is 17.3. The molecule has 1 saturated carbocycles. The minimum Gasteiger partial charge on any atom is -0.497 e. The monoisotopic (exact) mass is 352 g/mol. The summed E-state index contributed by atoms with van der Waals surface area (Å²) in [6, 6.07) is 13.5. The van der Waals surface area contributed by atoms with Gasteiger partial charge in [0, 0.05) is 32.6 Å². The molecule has 4 nitrogen and oxygen atoms in total. The van der Waals surface area contributed by atoms with Crippen molar-refractivity contribution in [3.63, 3.8) is 0 Å². The van der Waals surface area contributed by atoms with Gasteiger partial charge in [0.1, 0.15) is 5.75 Å². The highest BCUT2D eigenvalue weighted by Crippen LogP contribution is 2.40. The minimum atomic E-state index is 0.319. The van der Waals surface area contributed by atoms with E-state index in [4.69, 9.17) is 4.74 Å². The Hall–Kier alpha value is -2.07. The molecule has 1 heterocycles. The van der Waals surface area contributed by atoms with E-state index in [1.165, 1.54) is 22.8 Å². The zero-order chi connectivity index (χ0) is 18.3. The number of likely N-dealkylation sites (tertiary alicyclic amines) is 1.